The highest BCUT2D eigenvalue weighted by atomic mass is 19.1. The van der Waals surface area contributed by atoms with E-state index in [1.807, 2.05) is 12.1 Å². The molecule has 2 heterocycles. The molecule has 0 saturated heterocycles. The van der Waals surface area contributed by atoms with Gasteiger partial charge < -0.3 is 10.6 Å². The summed E-state index contributed by atoms with van der Waals surface area (Å²) in [7, 11) is 0. The highest BCUT2D eigenvalue weighted by Crippen LogP contribution is 2.15. The van der Waals surface area contributed by atoms with Crippen molar-refractivity contribution in [1.82, 2.24) is 15.0 Å². The molecule has 0 saturated carbocycles. The number of anilines is 3. The molecule has 22 heavy (non-hydrogen) atoms. The predicted octanol–water partition coefficient (Wildman–Crippen LogP) is 3.37. The molecule has 0 aliphatic heterocycles. The maximum Gasteiger partial charge on any atom is 0.229 e. The molecule has 0 aliphatic carbocycles. The molecule has 0 spiro atoms. The summed E-state index contributed by atoms with van der Waals surface area (Å²) in [5, 5.41) is 6.16. The van der Waals surface area contributed by atoms with Crippen molar-refractivity contribution in [2.75, 3.05) is 10.6 Å². The van der Waals surface area contributed by atoms with Gasteiger partial charge in [-0.05, 0) is 35.9 Å². The minimum atomic E-state index is -0.309. The SMILES string of the molecule is Fc1cccc(Nc2nccc(NCc3cccnc3)n2)c1. The van der Waals surface area contributed by atoms with Gasteiger partial charge in [0, 0.05) is 30.8 Å². The normalized spacial score (nSPS) is 10.2. The van der Waals surface area contributed by atoms with Gasteiger partial charge in [0.15, 0.2) is 0 Å². The number of hydrogen-bond acceptors (Lipinski definition) is 5. The van der Waals surface area contributed by atoms with Gasteiger partial charge in [-0.1, -0.05) is 12.1 Å². The standard InChI is InChI=1S/C16H14FN5/c17-13-4-1-5-14(9-13)21-16-19-8-6-15(22-16)20-11-12-3-2-7-18-10-12/h1-10H,11H2,(H2,19,20,21,22). The summed E-state index contributed by atoms with van der Waals surface area (Å²) in [6.45, 7) is 0.615. The second-order valence-corrected chi connectivity index (χ2v) is 4.62. The Morgan fingerprint density at radius 2 is 2.00 bits per heavy atom. The van der Waals surface area contributed by atoms with Crippen LogP contribution in [-0.4, -0.2) is 15.0 Å². The average Bonchev–Trinajstić information content (AvgIpc) is 2.54. The molecule has 0 aliphatic rings. The molecule has 2 N–H and O–H groups in total. The van der Waals surface area contributed by atoms with Gasteiger partial charge in [-0.3, -0.25) is 4.98 Å². The van der Waals surface area contributed by atoms with E-state index in [1.54, 1.807) is 36.8 Å². The first-order chi connectivity index (χ1) is 10.8. The molecule has 0 fully saturated rings. The minimum Gasteiger partial charge on any atom is -0.366 e. The second-order valence-electron chi connectivity index (χ2n) is 4.62. The van der Waals surface area contributed by atoms with Gasteiger partial charge in [-0.25, -0.2) is 9.37 Å². The summed E-state index contributed by atoms with van der Waals surface area (Å²) in [6.07, 6.45) is 5.16. The van der Waals surface area contributed by atoms with E-state index in [4.69, 9.17) is 0 Å². The molecule has 1 aromatic carbocycles. The summed E-state index contributed by atoms with van der Waals surface area (Å²) in [4.78, 5) is 12.5. The zero-order valence-electron chi connectivity index (χ0n) is 11.7. The summed E-state index contributed by atoms with van der Waals surface area (Å²) >= 11 is 0. The van der Waals surface area contributed by atoms with Crippen LogP contribution >= 0.6 is 0 Å². The first-order valence-electron chi connectivity index (χ1n) is 6.78. The lowest BCUT2D eigenvalue weighted by molar-refractivity contribution is 0.628. The van der Waals surface area contributed by atoms with E-state index in [0.29, 0.717) is 24.0 Å². The number of rotatable bonds is 5. The Hall–Kier alpha value is -3.02. The second kappa shape index (κ2) is 6.62. The number of nitrogens with zero attached hydrogens (tertiary/aromatic N) is 3. The van der Waals surface area contributed by atoms with Crippen molar-refractivity contribution in [2.24, 2.45) is 0 Å². The van der Waals surface area contributed by atoms with E-state index >= 15 is 0 Å². The van der Waals surface area contributed by atoms with E-state index in [9.17, 15) is 4.39 Å². The lowest BCUT2D eigenvalue weighted by Crippen LogP contribution is -2.04. The molecule has 0 unspecified atom stereocenters. The fourth-order valence-electron chi connectivity index (χ4n) is 1.91. The molecule has 6 heteroatoms. The van der Waals surface area contributed by atoms with Crippen LogP contribution in [0.15, 0.2) is 61.1 Å². The summed E-state index contributed by atoms with van der Waals surface area (Å²) < 4.78 is 13.2. The third kappa shape index (κ3) is 3.76. The smallest absolute Gasteiger partial charge is 0.229 e. The van der Waals surface area contributed by atoms with E-state index in [1.165, 1.54) is 12.1 Å². The Bertz CT molecular complexity index is 748. The van der Waals surface area contributed by atoms with Gasteiger partial charge in [0.25, 0.3) is 0 Å². The van der Waals surface area contributed by atoms with Gasteiger partial charge in [0.2, 0.25) is 5.95 Å². The van der Waals surface area contributed by atoms with Crippen LogP contribution < -0.4 is 10.6 Å². The van der Waals surface area contributed by atoms with Gasteiger partial charge >= 0.3 is 0 Å². The van der Waals surface area contributed by atoms with E-state index in [2.05, 4.69) is 25.6 Å². The van der Waals surface area contributed by atoms with Crippen LogP contribution in [0.25, 0.3) is 0 Å². The zero-order chi connectivity index (χ0) is 15.2. The van der Waals surface area contributed by atoms with E-state index in [0.717, 1.165) is 5.56 Å². The molecule has 0 bridgehead atoms. The number of nitrogens with one attached hydrogen (secondary N) is 2. The van der Waals surface area contributed by atoms with Crippen LogP contribution in [0.4, 0.5) is 21.8 Å². The van der Waals surface area contributed by atoms with Gasteiger partial charge in [-0.15, -0.1) is 0 Å². The van der Waals surface area contributed by atoms with E-state index < -0.39 is 0 Å². The molecule has 0 radical (unpaired) electrons. The molecule has 0 amide bonds. The molecule has 3 rings (SSSR count). The monoisotopic (exact) mass is 295 g/mol. The Kier molecular flexibility index (Phi) is 4.20. The van der Waals surface area contributed by atoms with Crippen molar-refractivity contribution >= 4 is 17.5 Å². The highest BCUT2D eigenvalue weighted by molar-refractivity contribution is 5.54. The predicted molar refractivity (Wildman–Crippen MR) is 83.3 cm³/mol. The average molecular weight is 295 g/mol. The number of halogens is 1. The molecule has 5 nitrogen and oxygen atoms in total. The zero-order valence-corrected chi connectivity index (χ0v) is 11.7. The fraction of sp³-hybridized carbons (Fsp3) is 0.0625. The largest absolute Gasteiger partial charge is 0.366 e. The summed E-state index contributed by atoms with van der Waals surface area (Å²) in [5.41, 5.74) is 1.66. The van der Waals surface area contributed by atoms with Crippen LogP contribution in [0.2, 0.25) is 0 Å². The molecule has 110 valence electrons. The molecular formula is C16H14FN5. The van der Waals surface area contributed by atoms with Crippen molar-refractivity contribution in [3.8, 4) is 0 Å². The van der Waals surface area contributed by atoms with Crippen molar-refractivity contribution in [3.63, 3.8) is 0 Å². The Morgan fingerprint density at radius 1 is 1.05 bits per heavy atom. The topological polar surface area (TPSA) is 62.7 Å². The van der Waals surface area contributed by atoms with E-state index in [-0.39, 0.29) is 5.82 Å². The molecule has 0 atom stereocenters. The lowest BCUT2D eigenvalue weighted by atomic mass is 10.3. The Balaban J connectivity index is 1.67. The highest BCUT2D eigenvalue weighted by Gasteiger charge is 2.01. The maximum atomic E-state index is 13.2. The minimum absolute atomic E-state index is 0.309. The van der Waals surface area contributed by atoms with Gasteiger partial charge in [-0.2, -0.15) is 4.98 Å². The van der Waals surface area contributed by atoms with Crippen molar-refractivity contribution in [3.05, 3.63) is 72.4 Å². The third-order valence-corrected chi connectivity index (χ3v) is 2.93. The molecule has 2 aromatic heterocycles. The first kappa shape index (κ1) is 13.9. The van der Waals surface area contributed by atoms with Crippen LogP contribution in [0.3, 0.4) is 0 Å². The van der Waals surface area contributed by atoms with Crippen molar-refractivity contribution < 1.29 is 4.39 Å². The lowest BCUT2D eigenvalue weighted by Gasteiger charge is -2.08. The van der Waals surface area contributed by atoms with Crippen molar-refractivity contribution in [2.45, 2.75) is 6.54 Å². The third-order valence-electron chi connectivity index (χ3n) is 2.93. The Morgan fingerprint density at radius 3 is 2.82 bits per heavy atom. The fourth-order valence-corrected chi connectivity index (χ4v) is 1.91. The van der Waals surface area contributed by atoms with Crippen molar-refractivity contribution in [1.29, 1.82) is 0 Å². The molecule has 3 aromatic rings. The number of hydrogen-bond donors (Lipinski definition) is 2. The van der Waals surface area contributed by atoms with Crippen LogP contribution in [0.5, 0.6) is 0 Å². The number of benzene rings is 1. The molecular weight excluding hydrogens is 281 g/mol. The van der Waals surface area contributed by atoms with Crippen LogP contribution in [-0.2, 0) is 6.54 Å². The maximum absolute atomic E-state index is 13.2. The quantitative estimate of drug-likeness (QED) is 0.755. The number of pyridine rings is 1. The Labute approximate surface area is 127 Å². The first-order valence-corrected chi connectivity index (χ1v) is 6.78. The van der Waals surface area contributed by atoms with Gasteiger partial charge in [0.1, 0.15) is 11.6 Å². The summed E-state index contributed by atoms with van der Waals surface area (Å²) in [6, 6.07) is 11.8. The number of aromatic nitrogens is 3. The van der Waals surface area contributed by atoms with Crippen LogP contribution in [0, 0.1) is 5.82 Å². The van der Waals surface area contributed by atoms with Crippen LogP contribution in [0.1, 0.15) is 5.56 Å². The summed E-state index contributed by atoms with van der Waals surface area (Å²) in [5.74, 6) is 0.774. The van der Waals surface area contributed by atoms with Gasteiger partial charge in [0.05, 0.1) is 0 Å².